The largest absolute Gasteiger partial charge is 0.480 e. The van der Waals surface area contributed by atoms with Crippen molar-refractivity contribution in [2.24, 2.45) is 16.8 Å². The Balaban J connectivity index is 1.88. The van der Waals surface area contributed by atoms with E-state index in [0.717, 1.165) is 5.56 Å². The molecular formula is C23H31N7O7S. The summed E-state index contributed by atoms with van der Waals surface area (Å²) in [6.45, 7) is 3.96. The number of piperidine rings is 1. The fourth-order valence-electron chi connectivity index (χ4n) is 4.43. The van der Waals surface area contributed by atoms with Crippen LogP contribution in [0.3, 0.4) is 0 Å². The van der Waals surface area contributed by atoms with Crippen molar-refractivity contribution in [3.8, 4) is 0 Å². The Kier molecular flexibility index (Phi) is 9.17. The first-order valence-electron chi connectivity index (χ1n) is 12.0. The van der Waals surface area contributed by atoms with Crippen molar-refractivity contribution >= 4 is 38.8 Å². The molecule has 206 valence electrons. The van der Waals surface area contributed by atoms with Crippen molar-refractivity contribution in [1.82, 2.24) is 19.9 Å². The van der Waals surface area contributed by atoms with E-state index in [1.54, 1.807) is 24.4 Å². The number of carbonyl (C=O) groups excluding carboxylic acids is 1. The molecule has 2 aromatic rings. The van der Waals surface area contributed by atoms with Crippen LogP contribution in [-0.4, -0.2) is 71.4 Å². The Morgan fingerprint density at radius 1 is 1.39 bits per heavy atom. The van der Waals surface area contributed by atoms with Crippen LogP contribution >= 0.6 is 0 Å². The van der Waals surface area contributed by atoms with Gasteiger partial charge in [0.15, 0.2) is 5.03 Å². The van der Waals surface area contributed by atoms with Crippen LogP contribution in [0.4, 0.5) is 0 Å². The number of aromatic nitrogens is 1. The minimum absolute atomic E-state index is 0.0352. The molecule has 0 bridgehead atoms. The van der Waals surface area contributed by atoms with Crippen LogP contribution in [0.15, 0.2) is 40.5 Å². The quantitative estimate of drug-likeness (QED) is 0.107. The number of fused-ring (bicyclic) bond motifs is 1. The summed E-state index contributed by atoms with van der Waals surface area (Å²) in [5, 5.41) is 25.3. The number of nitrogens with one attached hydrogen (secondary N) is 2. The second-order valence-corrected chi connectivity index (χ2v) is 11.0. The Labute approximate surface area is 219 Å². The van der Waals surface area contributed by atoms with Gasteiger partial charge in [0.1, 0.15) is 22.1 Å². The van der Waals surface area contributed by atoms with E-state index in [4.69, 9.17) is 5.73 Å². The number of para-hydroxylation sites is 1. The van der Waals surface area contributed by atoms with E-state index in [1.807, 2.05) is 13.8 Å². The summed E-state index contributed by atoms with van der Waals surface area (Å²) in [5.74, 6) is -2.17. The third-order valence-corrected chi connectivity index (χ3v) is 7.80. The van der Waals surface area contributed by atoms with Gasteiger partial charge in [0, 0.05) is 24.7 Å². The normalized spacial score (nSPS) is 19.2. The minimum atomic E-state index is -4.27. The van der Waals surface area contributed by atoms with Crippen molar-refractivity contribution in [3.05, 3.63) is 46.1 Å². The molecule has 1 fully saturated rings. The van der Waals surface area contributed by atoms with E-state index < -0.39 is 45.0 Å². The van der Waals surface area contributed by atoms with Crippen molar-refractivity contribution < 1.29 is 28.1 Å². The summed E-state index contributed by atoms with van der Waals surface area (Å²) in [5.41, 5.74) is 6.49. The van der Waals surface area contributed by atoms with Gasteiger partial charge in [-0.15, -0.1) is 0 Å². The van der Waals surface area contributed by atoms with E-state index in [-0.39, 0.29) is 48.7 Å². The van der Waals surface area contributed by atoms with E-state index in [1.165, 1.54) is 11.0 Å². The Morgan fingerprint density at radius 2 is 2.13 bits per heavy atom. The Morgan fingerprint density at radius 3 is 2.82 bits per heavy atom. The third-order valence-electron chi connectivity index (χ3n) is 6.29. The minimum Gasteiger partial charge on any atom is -0.480 e. The number of likely N-dealkylation sites (tertiary alicyclic amines) is 1. The molecule has 1 aromatic carbocycles. The molecule has 0 radical (unpaired) electrons. The van der Waals surface area contributed by atoms with Crippen LogP contribution in [-0.2, 0) is 19.6 Å². The number of carbonyl (C=O) groups is 2. The molecule has 14 nitrogen and oxygen atoms in total. The number of carboxylic acids is 1. The molecule has 0 spiro atoms. The van der Waals surface area contributed by atoms with Gasteiger partial charge in [-0.05, 0) is 56.2 Å². The SMILES string of the molecule is Cc1cnc2c(S(=O)(=O)NC(CCCNC(N)=N[N+](=O)[O-])C(=O)N3CCC(C)CC3C(=O)O)cccc2c1. The first-order valence-corrected chi connectivity index (χ1v) is 13.5. The zero-order valence-electron chi connectivity index (χ0n) is 21.0. The zero-order chi connectivity index (χ0) is 28.0. The molecule has 3 atom stereocenters. The second-order valence-electron chi connectivity index (χ2n) is 9.32. The molecule has 2 heterocycles. The van der Waals surface area contributed by atoms with Gasteiger partial charge in [-0.25, -0.2) is 23.3 Å². The van der Waals surface area contributed by atoms with E-state index in [0.29, 0.717) is 11.8 Å². The van der Waals surface area contributed by atoms with Crippen LogP contribution in [0.2, 0.25) is 0 Å². The predicted octanol–water partition coefficient (Wildman–Crippen LogP) is 0.778. The summed E-state index contributed by atoms with van der Waals surface area (Å²) in [4.78, 5) is 41.3. The number of sulfonamides is 1. The maximum atomic E-state index is 13.6. The first kappa shape index (κ1) is 28.7. The van der Waals surface area contributed by atoms with Crippen LogP contribution in [0.1, 0.15) is 38.2 Å². The smallest absolute Gasteiger partial charge is 0.326 e. The van der Waals surface area contributed by atoms with E-state index in [9.17, 15) is 33.2 Å². The zero-order valence-corrected chi connectivity index (χ0v) is 21.8. The molecule has 1 amide bonds. The van der Waals surface area contributed by atoms with Crippen LogP contribution in [0.25, 0.3) is 10.9 Å². The number of benzene rings is 1. The van der Waals surface area contributed by atoms with Crippen LogP contribution < -0.4 is 15.8 Å². The fourth-order valence-corrected chi connectivity index (χ4v) is 5.83. The van der Waals surface area contributed by atoms with E-state index >= 15 is 0 Å². The molecule has 38 heavy (non-hydrogen) atoms. The molecule has 3 unspecified atom stereocenters. The predicted molar refractivity (Wildman–Crippen MR) is 138 cm³/mol. The molecule has 15 heteroatoms. The van der Waals surface area contributed by atoms with Crippen molar-refractivity contribution in [1.29, 1.82) is 0 Å². The molecule has 1 aliphatic rings. The molecule has 5 N–H and O–H groups in total. The highest BCUT2D eigenvalue weighted by Gasteiger charge is 2.39. The summed E-state index contributed by atoms with van der Waals surface area (Å²) in [6.07, 6.45) is 2.51. The molecule has 1 aliphatic heterocycles. The van der Waals surface area contributed by atoms with Crippen molar-refractivity contribution in [2.75, 3.05) is 13.1 Å². The lowest BCUT2D eigenvalue weighted by molar-refractivity contribution is -0.485. The van der Waals surface area contributed by atoms with Gasteiger partial charge in [0.25, 0.3) is 5.96 Å². The molecule has 0 saturated carbocycles. The highest BCUT2D eigenvalue weighted by Crippen LogP contribution is 2.26. The highest BCUT2D eigenvalue weighted by molar-refractivity contribution is 7.89. The molecular weight excluding hydrogens is 518 g/mol. The van der Waals surface area contributed by atoms with Crippen molar-refractivity contribution in [3.63, 3.8) is 0 Å². The molecule has 1 aromatic heterocycles. The number of aliphatic carboxylic acids is 1. The summed E-state index contributed by atoms with van der Waals surface area (Å²) >= 11 is 0. The second kappa shape index (κ2) is 12.1. The monoisotopic (exact) mass is 549 g/mol. The molecule has 3 rings (SSSR count). The van der Waals surface area contributed by atoms with E-state index in [2.05, 4.69) is 20.1 Å². The number of hydrogen-bond acceptors (Lipinski definition) is 7. The summed E-state index contributed by atoms with van der Waals surface area (Å²) in [7, 11) is -4.27. The number of hydrogen-bond donors (Lipinski definition) is 4. The maximum Gasteiger partial charge on any atom is 0.326 e. The highest BCUT2D eigenvalue weighted by atomic mass is 32.2. The van der Waals surface area contributed by atoms with Crippen LogP contribution in [0, 0.1) is 23.0 Å². The Bertz CT molecular complexity index is 1350. The number of nitrogens with two attached hydrogens (primary N) is 1. The lowest BCUT2D eigenvalue weighted by atomic mass is 9.91. The fraction of sp³-hybridized carbons (Fsp3) is 0.478. The lowest BCUT2D eigenvalue weighted by Crippen LogP contribution is -2.56. The third kappa shape index (κ3) is 7.13. The Hall–Kier alpha value is -3.85. The van der Waals surface area contributed by atoms with Gasteiger partial charge in [0.2, 0.25) is 15.9 Å². The lowest BCUT2D eigenvalue weighted by Gasteiger charge is -2.38. The number of nitro groups is 1. The average Bonchev–Trinajstić information content (AvgIpc) is 2.84. The van der Waals surface area contributed by atoms with Gasteiger partial charge >= 0.3 is 5.97 Å². The number of nitrogens with zero attached hydrogens (tertiary/aromatic N) is 4. The number of pyridine rings is 1. The summed E-state index contributed by atoms with van der Waals surface area (Å²) < 4.78 is 29.4. The molecule has 1 saturated heterocycles. The number of hydrazone groups is 1. The van der Waals surface area contributed by atoms with Gasteiger partial charge < -0.3 is 21.1 Å². The number of aryl methyl sites for hydroxylation is 1. The van der Waals surface area contributed by atoms with Crippen LogP contribution in [0.5, 0.6) is 0 Å². The number of amides is 1. The first-order chi connectivity index (χ1) is 17.9. The number of guanidine groups is 1. The maximum absolute atomic E-state index is 13.6. The van der Waals surface area contributed by atoms with Gasteiger partial charge in [-0.2, -0.15) is 4.72 Å². The van der Waals surface area contributed by atoms with Gasteiger partial charge in [0.05, 0.1) is 5.52 Å². The van der Waals surface area contributed by atoms with Crippen molar-refractivity contribution in [2.45, 2.75) is 56.5 Å². The van der Waals surface area contributed by atoms with Gasteiger partial charge in [-0.3, -0.25) is 9.78 Å². The topological polar surface area (TPSA) is 210 Å². The number of rotatable bonds is 10. The molecule has 0 aliphatic carbocycles. The van der Waals surface area contributed by atoms with Gasteiger partial charge in [-0.1, -0.05) is 19.1 Å². The summed E-state index contributed by atoms with van der Waals surface area (Å²) in [6, 6.07) is 4.09. The number of carboxylic acid groups (broad SMARTS) is 1. The average molecular weight is 550 g/mol. The standard InChI is InChI=1S/C23H31N7O7S/c1-14-8-10-29(18(12-14)22(32)33)21(31)17(6-4-9-25-23(24)27-30(34)35)28-38(36,37)19-7-3-5-16-11-15(2)13-26-20(16)19/h3,5,7,11,13-14,17-18,28H,4,6,8-10,12H2,1-2H3,(H,32,33)(H3,24,25,27).